The lowest BCUT2D eigenvalue weighted by Gasteiger charge is -2.28. The van der Waals surface area contributed by atoms with Crippen LogP contribution >= 0.6 is 0 Å². The van der Waals surface area contributed by atoms with Gasteiger partial charge >= 0.3 is 0 Å². The van der Waals surface area contributed by atoms with Crippen molar-refractivity contribution in [3.05, 3.63) is 162 Å². The first-order chi connectivity index (χ1) is 20.9. The summed E-state index contributed by atoms with van der Waals surface area (Å²) in [4.78, 5) is 5.25. The average molecular weight is 534 g/mol. The lowest BCUT2D eigenvalue weighted by molar-refractivity contribution is 0.507. The molecule has 0 bridgehead atoms. The molecule has 2 aliphatic rings. The Morgan fingerprint density at radius 1 is 0.429 bits per heavy atom. The van der Waals surface area contributed by atoms with E-state index >= 15 is 0 Å². The predicted octanol–water partition coefficient (Wildman–Crippen LogP) is 10.1. The Balaban J connectivity index is 1.36. The van der Waals surface area contributed by atoms with E-state index in [-0.39, 0.29) is 0 Å². The first kappa shape index (κ1) is 22.2. The van der Waals surface area contributed by atoms with Crippen LogP contribution in [-0.4, -0.2) is 4.98 Å². The molecule has 0 saturated heterocycles. The second-order valence-corrected chi connectivity index (χ2v) is 11.4. The fourth-order valence-corrected chi connectivity index (χ4v) is 7.87. The predicted molar refractivity (Wildman–Crippen MR) is 171 cm³/mol. The molecule has 10 rings (SSSR count). The summed E-state index contributed by atoms with van der Waals surface area (Å²) in [5, 5.41) is 4.63. The molecule has 0 N–H and O–H groups in total. The van der Waals surface area contributed by atoms with E-state index in [9.17, 15) is 0 Å². The lowest BCUT2D eigenvalue weighted by Crippen LogP contribution is -2.25. The van der Waals surface area contributed by atoms with Gasteiger partial charge in [-0.05, 0) is 50.9 Å². The van der Waals surface area contributed by atoms with Crippen LogP contribution in [0.4, 0.5) is 0 Å². The van der Waals surface area contributed by atoms with Crippen molar-refractivity contribution in [1.29, 1.82) is 0 Å². The highest BCUT2D eigenvalue weighted by atomic mass is 16.3. The summed E-state index contributed by atoms with van der Waals surface area (Å²) in [6.07, 6.45) is 0. The summed E-state index contributed by atoms with van der Waals surface area (Å²) < 4.78 is 7.25. The molecule has 2 nitrogen and oxygen atoms in total. The lowest BCUT2D eigenvalue weighted by atomic mass is 9.73. The number of nitrogens with zero attached hydrogens (tertiary/aromatic N) is 1. The van der Waals surface area contributed by atoms with Crippen LogP contribution in [0.2, 0.25) is 0 Å². The Morgan fingerprint density at radius 2 is 0.952 bits per heavy atom. The summed E-state index contributed by atoms with van der Waals surface area (Å²) in [7, 11) is 0. The number of rotatable bonds is 1. The molecule has 2 aromatic heterocycles. The molecular formula is C40H23NO. The normalized spacial score (nSPS) is 13.9. The summed E-state index contributed by atoms with van der Waals surface area (Å²) in [5.41, 5.74) is 12.2. The maximum Gasteiger partial charge on any atom is 0.144 e. The third-order valence-electron chi connectivity index (χ3n) is 9.47. The van der Waals surface area contributed by atoms with Crippen molar-refractivity contribution < 1.29 is 4.42 Å². The van der Waals surface area contributed by atoms with Gasteiger partial charge in [-0.15, -0.1) is 0 Å². The van der Waals surface area contributed by atoms with Crippen LogP contribution in [0.25, 0.3) is 66.2 Å². The van der Waals surface area contributed by atoms with Gasteiger partial charge in [-0.1, -0.05) is 127 Å². The fraction of sp³-hybridized carbons (Fsp3) is 0.0250. The largest absolute Gasteiger partial charge is 0.458 e. The zero-order chi connectivity index (χ0) is 27.4. The van der Waals surface area contributed by atoms with Gasteiger partial charge in [-0.3, -0.25) is 0 Å². The van der Waals surface area contributed by atoms with E-state index in [1.807, 2.05) is 0 Å². The van der Waals surface area contributed by atoms with Crippen LogP contribution in [-0.2, 0) is 5.41 Å². The average Bonchev–Trinajstić information content (AvgIpc) is 3.68. The van der Waals surface area contributed by atoms with E-state index in [2.05, 4.69) is 140 Å². The second-order valence-electron chi connectivity index (χ2n) is 11.4. The van der Waals surface area contributed by atoms with E-state index in [0.29, 0.717) is 0 Å². The van der Waals surface area contributed by atoms with Gasteiger partial charge in [-0.25, -0.2) is 4.98 Å². The van der Waals surface area contributed by atoms with Crippen molar-refractivity contribution >= 4 is 32.6 Å². The highest BCUT2D eigenvalue weighted by molar-refractivity contribution is 6.15. The molecule has 0 atom stereocenters. The van der Waals surface area contributed by atoms with Gasteiger partial charge in [0.25, 0.3) is 0 Å². The maximum atomic E-state index is 7.25. The van der Waals surface area contributed by atoms with Crippen LogP contribution in [0.3, 0.4) is 0 Å². The number of hydrogen-bond donors (Lipinski definition) is 0. The minimum atomic E-state index is -0.506. The molecular weight excluding hydrogens is 510 g/mol. The van der Waals surface area contributed by atoms with Crippen molar-refractivity contribution in [1.82, 2.24) is 4.98 Å². The minimum absolute atomic E-state index is 0.506. The Bertz CT molecular complexity index is 2380. The molecule has 2 heterocycles. The van der Waals surface area contributed by atoms with E-state index in [4.69, 9.17) is 9.40 Å². The standard InChI is InChI=1S/C40H23NO/c1-2-16-28-24(12-1)27-15-6-10-23-35(27)41-37(28)31-19-11-18-30-36-29-17-5-9-22-34(29)40(39(36)42-38(30)31)32-20-7-3-13-25(32)26-14-4-8-21-33(26)40/h1-23H. The number of benzene rings is 6. The molecule has 0 radical (unpaired) electrons. The molecule has 2 aliphatic carbocycles. The van der Waals surface area contributed by atoms with Crippen molar-refractivity contribution in [3.8, 4) is 33.5 Å². The first-order valence-electron chi connectivity index (χ1n) is 14.5. The van der Waals surface area contributed by atoms with E-state index < -0.39 is 5.41 Å². The Kier molecular flexibility index (Phi) is 4.15. The molecule has 1 spiro atoms. The zero-order valence-electron chi connectivity index (χ0n) is 22.6. The van der Waals surface area contributed by atoms with Crippen LogP contribution in [0.5, 0.6) is 0 Å². The minimum Gasteiger partial charge on any atom is -0.458 e. The van der Waals surface area contributed by atoms with Gasteiger partial charge in [0.1, 0.15) is 16.8 Å². The van der Waals surface area contributed by atoms with Gasteiger partial charge in [0, 0.05) is 27.3 Å². The monoisotopic (exact) mass is 533 g/mol. The van der Waals surface area contributed by atoms with Crippen LogP contribution in [0.1, 0.15) is 22.5 Å². The van der Waals surface area contributed by atoms with Gasteiger partial charge < -0.3 is 4.42 Å². The molecule has 2 heteroatoms. The Hall–Kier alpha value is -5.47. The summed E-state index contributed by atoms with van der Waals surface area (Å²) in [5.74, 6) is 1.01. The van der Waals surface area contributed by atoms with E-state index in [1.165, 1.54) is 44.3 Å². The summed E-state index contributed by atoms with van der Waals surface area (Å²) in [6.45, 7) is 0. The highest BCUT2D eigenvalue weighted by Crippen LogP contribution is 2.64. The van der Waals surface area contributed by atoms with E-state index in [0.717, 1.165) is 44.3 Å². The summed E-state index contributed by atoms with van der Waals surface area (Å²) >= 11 is 0. The summed E-state index contributed by atoms with van der Waals surface area (Å²) in [6, 6.07) is 50.1. The highest BCUT2D eigenvalue weighted by Gasteiger charge is 2.54. The Morgan fingerprint density at radius 3 is 1.69 bits per heavy atom. The van der Waals surface area contributed by atoms with Crippen molar-refractivity contribution in [2.45, 2.75) is 5.41 Å². The molecule has 42 heavy (non-hydrogen) atoms. The van der Waals surface area contributed by atoms with Gasteiger partial charge in [-0.2, -0.15) is 0 Å². The number of aromatic nitrogens is 1. The van der Waals surface area contributed by atoms with Crippen LogP contribution < -0.4 is 0 Å². The fourth-order valence-electron chi connectivity index (χ4n) is 7.87. The first-order valence-corrected chi connectivity index (χ1v) is 14.5. The third-order valence-corrected chi connectivity index (χ3v) is 9.47. The molecule has 0 amide bonds. The van der Waals surface area contributed by atoms with Crippen LogP contribution in [0.15, 0.2) is 144 Å². The number of fused-ring (bicyclic) bond motifs is 15. The molecule has 0 aliphatic heterocycles. The number of hydrogen-bond acceptors (Lipinski definition) is 2. The quantitative estimate of drug-likeness (QED) is 0.196. The molecule has 194 valence electrons. The number of pyridine rings is 1. The van der Waals surface area contributed by atoms with Crippen molar-refractivity contribution in [2.24, 2.45) is 0 Å². The second kappa shape index (κ2) is 7.84. The van der Waals surface area contributed by atoms with E-state index in [1.54, 1.807) is 0 Å². The molecule has 8 aromatic rings. The SMILES string of the molecule is c1ccc2c(c1)-c1ccccc1C21c2ccccc2-c2c1oc1c(-c3nc4ccccc4c4ccccc34)cccc21. The molecule has 0 fully saturated rings. The molecule has 0 unspecified atom stereocenters. The zero-order valence-corrected chi connectivity index (χ0v) is 22.6. The maximum absolute atomic E-state index is 7.25. The van der Waals surface area contributed by atoms with Crippen molar-refractivity contribution in [3.63, 3.8) is 0 Å². The smallest absolute Gasteiger partial charge is 0.144 e. The topological polar surface area (TPSA) is 26.0 Å². The third kappa shape index (κ3) is 2.54. The number of para-hydroxylation sites is 2. The van der Waals surface area contributed by atoms with Gasteiger partial charge in [0.05, 0.1) is 11.2 Å². The Labute approximate surface area is 242 Å². The van der Waals surface area contributed by atoms with Crippen LogP contribution in [0, 0.1) is 0 Å². The van der Waals surface area contributed by atoms with Crippen molar-refractivity contribution in [2.75, 3.05) is 0 Å². The molecule has 0 saturated carbocycles. The molecule has 6 aromatic carbocycles. The van der Waals surface area contributed by atoms with Gasteiger partial charge in [0.2, 0.25) is 0 Å². The van der Waals surface area contributed by atoms with Gasteiger partial charge in [0.15, 0.2) is 0 Å². The number of furan rings is 1.